The normalized spacial score (nSPS) is 11.1. The van der Waals surface area contributed by atoms with Crippen molar-refractivity contribution in [3.8, 4) is 17.2 Å². The van der Waals surface area contributed by atoms with E-state index in [-0.39, 0.29) is 34.5 Å². The monoisotopic (exact) mass is 394 g/mol. The van der Waals surface area contributed by atoms with E-state index >= 15 is 0 Å². The Morgan fingerprint density at radius 3 is 2.45 bits per heavy atom. The molecule has 6 heteroatoms. The van der Waals surface area contributed by atoms with Crippen LogP contribution in [0, 0.1) is 0 Å². The highest BCUT2D eigenvalue weighted by molar-refractivity contribution is 5.80. The van der Waals surface area contributed by atoms with E-state index in [1.54, 1.807) is 0 Å². The molecule has 6 nitrogen and oxygen atoms in total. The summed E-state index contributed by atoms with van der Waals surface area (Å²) in [6.07, 6.45) is 1.80. The van der Waals surface area contributed by atoms with Crippen LogP contribution < -0.4 is 14.9 Å². The molecule has 3 rings (SSSR count). The minimum atomic E-state index is -0.870. The number of hydrogen-bond donors (Lipinski definition) is 0. The maximum atomic E-state index is 12.7. The Kier molecular flexibility index (Phi) is 5.73. The molecule has 2 aromatic carbocycles. The van der Waals surface area contributed by atoms with Gasteiger partial charge in [0.05, 0.1) is 5.39 Å². The standard InChI is InChI=1S/C23H22O6/c1-5-12-26-22(25)29-17-10-11-18-19(13-17)27-14-20(21(18)24)28-16-8-6-15(7-9-16)23(2,3)4/h5-11,13-14H,1,12H2,2-4H3. The van der Waals surface area contributed by atoms with Crippen LogP contribution in [0.4, 0.5) is 4.79 Å². The first kappa shape index (κ1) is 20.2. The SMILES string of the molecule is C=CCOC(=O)Oc1ccc2c(=O)c(Oc3ccc(C(C)(C)C)cc3)coc2c1. The van der Waals surface area contributed by atoms with E-state index in [1.807, 2.05) is 24.3 Å². The molecule has 0 spiro atoms. The third-order valence-electron chi connectivity index (χ3n) is 4.18. The summed E-state index contributed by atoms with van der Waals surface area (Å²) >= 11 is 0. The van der Waals surface area contributed by atoms with Crippen molar-refractivity contribution >= 4 is 17.1 Å². The van der Waals surface area contributed by atoms with Gasteiger partial charge in [-0.1, -0.05) is 45.6 Å². The molecule has 1 aromatic heterocycles. The van der Waals surface area contributed by atoms with Crippen molar-refractivity contribution in [2.45, 2.75) is 26.2 Å². The van der Waals surface area contributed by atoms with Crippen LogP contribution in [0.15, 0.2) is 70.6 Å². The highest BCUT2D eigenvalue weighted by Crippen LogP contribution is 2.27. The summed E-state index contributed by atoms with van der Waals surface area (Å²) in [6, 6.07) is 12.0. The molecule has 0 saturated heterocycles. The van der Waals surface area contributed by atoms with Crippen LogP contribution in [0.1, 0.15) is 26.3 Å². The molecular formula is C23H22O6. The zero-order valence-corrected chi connectivity index (χ0v) is 16.6. The van der Waals surface area contributed by atoms with Gasteiger partial charge >= 0.3 is 6.16 Å². The maximum absolute atomic E-state index is 12.7. The van der Waals surface area contributed by atoms with Gasteiger partial charge in [0.15, 0.2) is 0 Å². The molecule has 0 bridgehead atoms. The summed E-state index contributed by atoms with van der Waals surface area (Å²) in [7, 11) is 0. The molecule has 0 aliphatic carbocycles. The van der Waals surface area contributed by atoms with Crippen molar-refractivity contribution in [3.05, 3.63) is 77.2 Å². The van der Waals surface area contributed by atoms with E-state index < -0.39 is 6.16 Å². The second-order valence-corrected chi connectivity index (χ2v) is 7.42. The fourth-order valence-electron chi connectivity index (χ4n) is 2.63. The minimum absolute atomic E-state index is 0.0262. The van der Waals surface area contributed by atoms with Gasteiger partial charge in [-0.25, -0.2) is 4.79 Å². The number of ether oxygens (including phenoxy) is 3. The molecule has 150 valence electrons. The van der Waals surface area contributed by atoms with E-state index in [1.165, 1.54) is 30.5 Å². The molecule has 0 aliphatic heterocycles. The lowest BCUT2D eigenvalue weighted by molar-refractivity contribution is 0.109. The van der Waals surface area contributed by atoms with Gasteiger partial charge in [-0.2, -0.15) is 0 Å². The highest BCUT2D eigenvalue weighted by atomic mass is 16.7. The van der Waals surface area contributed by atoms with Crippen LogP contribution in [-0.2, 0) is 10.2 Å². The van der Waals surface area contributed by atoms with Gasteiger partial charge in [-0.05, 0) is 35.2 Å². The van der Waals surface area contributed by atoms with Crippen LogP contribution in [0.25, 0.3) is 11.0 Å². The van der Waals surface area contributed by atoms with E-state index in [9.17, 15) is 9.59 Å². The van der Waals surface area contributed by atoms with E-state index in [2.05, 4.69) is 27.4 Å². The molecule has 0 aliphatic rings. The first-order valence-corrected chi connectivity index (χ1v) is 9.07. The van der Waals surface area contributed by atoms with Crippen LogP contribution in [0.2, 0.25) is 0 Å². The maximum Gasteiger partial charge on any atom is 0.514 e. The lowest BCUT2D eigenvalue weighted by Gasteiger charge is -2.19. The average molecular weight is 394 g/mol. The summed E-state index contributed by atoms with van der Waals surface area (Å²) in [5.41, 5.74) is 1.12. The van der Waals surface area contributed by atoms with Gasteiger partial charge < -0.3 is 18.6 Å². The largest absolute Gasteiger partial charge is 0.514 e. The van der Waals surface area contributed by atoms with Crippen molar-refractivity contribution in [2.24, 2.45) is 0 Å². The van der Waals surface area contributed by atoms with E-state index in [0.717, 1.165) is 5.56 Å². The van der Waals surface area contributed by atoms with E-state index in [0.29, 0.717) is 11.1 Å². The Morgan fingerprint density at radius 2 is 1.79 bits per heavy atom. The second kappa shape index (κ2) is 8.22. The van der Waals surface area contributed by atoms with E-state index in [4.69, 9.17) is 18.6 Å². The first-order valence-electron chi connectivity index (χ1n) is 9.07. The molecule has 29 heavy (non-hydrogen) atoms. The first-order chi connectivity index (χ1) is 13.8. The molecule has 0 radical (unpaired) electrons. The molecule has 0 amide bonds. The van der Waals surface area contributed by atoms with Crippen molar-refractivity contribution < 1.29 is 23.4 Å². The molecule has 1 heterocycles. The van der Waals surface area contributed by atoms with Crippen LogP contribution in [0.3, 0.4) is 0 Å². The van der Waals surface area contributed by atoms with Crippen molar-refractivity contribution in [1.82, 2.24) is 0 Å². The fraction of sp³-hybridized carbons (Fsp3) is 0.217. The summed E-state index contributed by atoms with van der Waals surface area (Å²) < 4.78 is 21.0. The predicted octanol–water partition coefficient (Wildman–Crippen LogP) is 5.58. The van der Waals surface area contributed by atoms with Gasteiger partial charge in [0.2, 0.25) is 11.2 Å². The molecule has 0 atom stereocenters. The summed E-state index contributed by atoms with van der Waals surface area (Å²) in [5.74, 6) is 0.802. The lowest BCUT2D eigenvalue weighted by atomic mass is 9.87. The summed E-state index contributed by atoms with van der Waals surface area (Å²) in [6.45, 7) is 9.86. The number of benzene rings is 2. The van der Waals surface area contributed by atoms with Gasteiger partial charge in [-0.3, -0.25) is 4.79 Å². The summed E-state index contributed by atoms with van der Waals surface area (Å²) in [5, 5.41) is 0.306. The number of carbonyl (C=O) groups is 1. The van der Waals surface area contributed by atoms with Gasteiger partial charge in [0.1, 0.15) is 30.0 Å². The second-order valence-electron chi connectivity index (χ2n) is 7.42. The quantitative estimate of drug-likeness (QED) is 0.319. The smallest absolute Gasteiger partial charge is 0.460 e. The molecular weight excluding hydrogens is 372 g/mol. The topological polar surface area (TPSA) is 75.0 Å². The van der Waals surface area contributed by atoms with Gasteiger partial charge in [0.25, 0.3) is 0 Å². The van der Waals surface area contributed by atoms with Crippen LogP contribution >= 0.6 is 0 Å². The molecule has 0 saturated carbocycles. The van der Waals surface area contributed by atoms with Crippen molar-refractivity contribution in [1.29, 1.82) is 0 Å². The number of carbonyl (C=O) groups excluding carboxylic acids is 1. The number of rotatable bonds is 5. The average Bonchev–Trinajstić information content (AvgIpc) is 2.68. The predicted molar refractivity (Wildman–Crippen MR) is 110 cm³/mol. The van der Waals surface area contributed by atoms with Gasteiger partial charge in [-0.15, -0.1) is 0 Å². The van der Waals surface area contributed by atoms with Gasteiger partial charge in [0, 0.05) is 6.07 Å². The zero-order chi connectivity index (χ0) is 21.0. The Hall–Kier alpha value is -3.54. The molecule has 0 fully saturated rings. The molecule has 0 N–H and O–H groups in total. The number of hydrogen-bond acceptors (Lipinski definition) is 6. The fourth-order valence-corrected chi connectivity index (χ4v) is 2.63. The van der Waals surface area contributed by atoms with Crippen molar-refractivity contribution in [3.63, 3.8) is 0 Å². The highest BCUT2D eigenvalue weighted by Gasteiger charge is 2.15. The summed E-state index contributed by atoms with van der Waals surface area (Å²) in [4.78, 5) is 24.2. The third-order valence-corrected chi connectivity index (χ3v) is 4.18. The zero-order valence-electron chi connectivity index (χ0n) is 16.6. The van der Waals surface area contributed by atoms with Crippen LogP contribution in [0.5, 0.6) is 17.2 Å². The Bertz CT molecular complexity index is 1090. The molecule has 0 unspecified atom stereocenters. The minimum Gasteiger partial charge on any atom is -0.460 e. The number of fused-ring (bicyclic) bond motifs is 1. The Balaban J connectivity index is 1.81. The van der Waals surface area contributed by atoms with Crippen molar-refractivity contribution in [2.75, 3.05) is 6.61 Å². The third kappa shape index (κ3) is 4.85. The van der Waals surface area contributed by atoms with Crippen LogP contribution in [-0.4, -0.2) is 12.8 Å². The Morgan fingerprint density at radius 1 is 1.10 bits per heavy atom. The molecule has 3 aromatic rings. The lowest BCUT2D eigenvalue weighted by Crippen LogP contribution is -2.11. The Labute approximate surface area is 168 Å².